The second-order valence-electron chi connectivity index (χ2n) is 5.98. The number of para-hydroxylation sites is 2. The van der Waals surface area contributed by atoms with Crippen LogP contribution in [-0.4, -0.2) is 14.7 Å². The van der Waals surface area contributed by atoms with Gasteiger partial charge in [-0.2, -0.15) is 0 Å². The quantitative estimate of drug-likeness (QED) is 0.592. The van der Waals surface area contributed by atoms with Gasteiger partial charge in [0.2, 0.25) is 0 Å². The largest absolute Gasteiger partial charge is 0.508 e. The molecule has 4 aromatic rings. The number of fused-ring (bicyclic) bond motifs is 1. The van der Waals surface area contributed by atoms with Gasteiger partial charge >= 0.3 is 0 Å². The van der Waals surface area contributed by atoms with Gasteiger partial charge in [0.1, 0.15) is 11.6 Å². The number of rotatable bonds is 3. The van der Waals surface area contributed by atoms with Crippen molar-refractivity contribution in [2.24, 2.45) is 0 Å². The molecule has 24 heavy (non-hydrogen) atoms. The molecule has 3 aromatic carbocycles. The van der Waals surface area contributed by atoms with E-state index in [9.17, 15) is 5.11 Å². The average Bonchev–Trinajstić information content (AvgIpc) is 2.96. The van der Waals surface area contributed by atoms with Crippen LogP contribution in [0.25, 0.3) is 22.4 Å². The van der Waals surface area contributed by atoms with Gasteiger partial charge in [-0.05, 0) is 54.4 Å². The molecular formula is C21H18N2O. The smallest absolute Gasteiger partial charge is 0.141 e. The predicted octanol–water partition coefficient (Wildman–Crippen LogP) is 4.77. The maximum atomic E-state index is 9.56. The zero-order valence-electron chi connectivity index (χ0n) is 13.5. The van der Waals surface area contributed by atoms with Crippen molar-refractivity contribution in [2.45, 2.75) is 13.5 Å². The lowest BCUT2D eigenvalue weighted by molar-refractivity contribution is 0.475. The van der Waals surface area contributed by atoms with E-state index < -0.39 is 0 Å². The Bertz CT molecular complexity index is 1000. The molecule has 0 bridgehead atoms. The van der Waals surface area contributed by atoms with E-state index in [0.29, 0.717) is 0 Å². The van der Waals surface area contributed by atoms with Crippen LogP contribution in [0.4, 0.5) is 0 Å². The molecule has 0 atom stereocenters. The van der Waals surface area contributed by atoms with E-state index in [2.05, 4.69) is 41.8 Å². The fourth-order valence-corrected chi connectivity index (χ4v) is 3.02. The molecule has 0 saturated heterocycles. The van der Waals surface area contributed by atoms with Gasteiger partial charge in [-0.25, -0.2) is 4.98 Å². The van der Waals surface area contributed by atoms with E-state index in [1.807, 2.05) is 30.3 Å². The summed E-state index contributed by atoms with van der Waals surface area (Å²) in [4.78, 5) is 4.82. The third-order valence-electron chi connectivity index (χ3n) is 4.37. The Morgan fingerprint density at radius 3 is 2.38 bits per heavy atom. The van der Waals surface area contributed by atoms with Crippen LogP contribution in [0.3, 0.4) is 0 Å². The lowest BCUT2D eigenvalue weighted by Gasteiger charge is -2.11. The summed E-state index contributed by atoms with van der Waals surface area (Å²) in [6, 6.07) is 23.8. The zero-order chi connectivity index (χ0) is 16.5. The number of benzene rings is 3. The first-order valence-electron chi connectivity index (χ1n) is 8.01. The zero-order valence-corrected chi connectivity index (χ0v) is 13.5. The summed E-state index contributed by atoms with van der Waals surface area (Å²) in [5.74, 6) is 1.18. The molecular weight excluding hydrogens is 296 g/mol. The lowest BCUT2D eigenvalue weighted by atomic mass is 10.1. The number of nitrogens with zero attached hydrogens (tertiary/aromatic N) is 2. The highest BCUT2D eigenvalue weighted by atomic mass is 16.3. The number of hydrogen-bond donors (Lipinski definition) is 1. The summed E-state index contributed by atoms with van der Waals surface area (Å²) < 4.78 is 2.24. The SMILES string of the molecule is Cc1ccccc1Cn1c(-c2ccc(O)cc2)nc2ccccc21. The minimum Gasteiger partial charge on any atom is -0.508 e. The Morgan fingerprint density at radius 2 is 1.58 bits per heavy atom. The van der Waals surface area contributed by atoms with Crippen LogP contribution in [-0.2, 0) is 6.54 Å². The topological polar surface area (TPSA) is 38.0 Å². The molecule has 1 heterocycles. The fourth-order valence-electron chi connectivity index (χ4n) is 3.02. The van der Waals surface area contributed by atoms with Crippen molar-refractivity contribution < 1.29 is 5.11 Å². The number of aryl methyl sites for hydroxylation is 1. The predicted molar refractivity (Wildman–Crippen MR) is 97.1 cm³/mol. The number of phenols is 1. The van der Waals surface area contributed by atoms with Crippen LogP contribution in [0.2, 0.25) is 0 Å². The van der Waals surface area contributed by atoms with Gasteiger partial charge < -0.3 is 9.67 Å². The van der Waals surface area contributed by atoms with E-state index in [-0.39, 0.29) is 5.75 Å². The van der Waals surface area contributed by atoms with E-state index >= 15 is 0 Å². The van der Waals surface area contributed by atoms with Crippen LogP contribution in [0.1, 0.15) is 11.1 Å². The molecule has 0 aliphatic heterocycles. The van der Waals surface area contributed by atoms with E-state index in [0.717, 1.165) is 29.0 Å². The maximum absolute atomic E-state index is 9.56. The standard InChI is InChI=1S/C21H18N2O/c1-15-6-2-3-7-17(15)14-23-20-9-5-4-8-19(20)22-21(23)16-10-12-18(24)13-11-16/h2-13,24H,14H2,1H3. The Balaban J connectivity index is 1.90. The third kappa shape index (κ3) is 2.54. The monoisotopic (exact) mass is 314 g/mol. The molecule has 0 spiro atoms. The van der Waals surface area contributed by atoms with Gasteiger partial charge in [-0.15, -0.1) is 0 Å². The number of imidazole rings is 1. The molecule has 0 aliphatic carbocycles. The normalized spacial score (nSPS) is 11.0. The van der Waals surface area contributed by atoms with Gasteiger partial charge in [0.15, 0.2) is 0 Å². The highest BCUT2D eigenvalue weighted by Crippen LogP contribution is 2.27. The van der Waals surface area contributed by atoms with Crippen LogP contribution in [0.5, 0.6) is 5.75 Å². The molecule has 4 rings (SSSR count). The molecule has 0 aliphatic rings. The number of aromatic hydroxyl groups is 1. The summed E-state index contributed by atoms with van der Waals surface area (Å²) >= 11 is 0. The minimum absolute atomic E-state index is 0.264. The summed E-state index contributed by atoms with van der Waals surface area (Å²) in [5, 5.41) is 9.56. The van der Waals surface area contributed by atoms with E-state index in [1.165, 1.54) is 11.1 Å². The molecule has 118 valence electrons. The minimum atomic E-state index is 0.264. The molecule has 0 fully saturated rings. The van der Waals surface area contributed by atoms with Crippen molar-refractivity contribution in [3.8, 4) is 17.1 Å². The first kappa shape index (κ1) is 14.5. The van der Waals surface area contributed by atoms with Crippen molar-refractivity contribution in [3.63, 3.8) is 0 Å². The first-order valence-corrected chi connectivity index (χ1v) is 8.01. The van der Waals surface area contributed by atoms with E-state index in [1.54, 1.807) is 12.1 Å². The van der Waals surface area contributed by atoms with Gasteiger partial charge in [-0.3, -0.25) is 0 Å². The van der Waals surface area contributed by atoms with Crippen LogP contribution in [0, 0.1) is 6.92 Å². The summed E-state index contributed by atoms with van der Waals surface area (Å²) in [6.45, 7) is 2.90. The third-order valence-corrected chi connectivity index (χ3v) is 4.37. The van der Waals surface area contributed by atoms with Crippen LogP contribution in [0.15, 0.2) is 72.8 Å². The van der Waals surface area contributed by atoms with Crippen LogP contribution < -0.4 is 0 Å². The molecule has 0 unspecified atom stereocenters. The molecule has 0 amide bonds. The van der Waals surface area contributed by atoms with Gasteiger partial charge in [0.05, 0.1) is 11.0 Å². The highest BCUT2D eigenvalue weighted by molar-refractivity contribution is 5.80. The summed E-state index contributed by atoms with van der Waals surface area (Å²) in [6.07, 6.45) is 0. The summed E-state index contributed by atoms with van der Waals surface area (Å²) in [7, 11) is 0. The lowest BCUT2D eigenvalue weighted by Crippen LogP contribution is -2.03. The molecule has 3 heteroatoms. The summed E-state index contributed by atoms with van der Waals surface area (Å²) in [5.41, 5.74) is 5.64. The second-order valence-corrected chi connectivity index (χ2v) is 5.98. The molecule has 1 N–H and O–H groups in total. The van der Waals surface area contributed by atoms with Gasteiger partial charge in [-0.1, -0.05) is 36.4 Å². The molecule has 3 nitrogen and oxygen atoms in total. The molecule has 1 aromatic heterocycles. The van der Waals surface area contributed by atoms with Crippen molar-refractivity contribution in [2.75, 3.05) is 0 Å². The van der Waals surface area contributed by atoms with Gasteiger partial charge in [0.25, 0.3) is 0 Å². The molecule has 0 saturated carbocycles. The van der Waals surface area contributed by atoms with Crippen molar-refractivity contribution in [1.29, 1.82) is 0 Å². The number of aromatic nitrogens is 2. The maximum Gasteiger partial charge on any atom is 0.141 e. The Hall–Kier alpha value is -3.07. The fraction of sp³-hybridized carbons (Fsp3) is 0.0952. The van der Waals surface area contributed by atoms with Gasteiger partial charge in [0, 0.05) is 12.1 Å². The van der Waals surface area contributed by atoms with Crippen LogP contribution >= 0.6 is 0 Å². The first-order chi connectivity index (χ1) is 11.7. The average molecular weight is 314 g/mol. The van der Waals surface area contributed by atoms with Crippen molar-refractivity contribution in [1.82, 2.24) is 9.55 Å². The second kappa shape index (κ2) is 5.85. The Labute approximate surface area is 140 Å². The number of phenolic OH excluding ortho intramolecular Hbond substituents is 1. The molecule has 0 radical (unpaired) electrons. The Morgan fingerprint density at radius 1 is 0.875 bits per heavy atom. The van der Waals surface area contributed by atoms with Crippen molar-refractivity contribution in [3.05, 3.63) is 83.9 Å². The number of hydrogen-bond acceptors (Lipinski definition) is 2. The van der Waals surface area contributed by atoms with Crippen molar-refractivity contribution >= 4 is 11.0 Å². The Kier molecular flexibility index (Phi) is 3.54. The highest BCUT2D eigenvalue weighted by Gasteiger charge is 2.13. The van der Waals surface area contributed by atoms with E-state index in [4.69, 9.17) is 4.98 Å².